The fourth-order valence-corrected chi connectivity index (χ4v) is 13.9. The van der Waals surface area contributed by atoms with Gasteiger partial charge >= 0.3 is 39.5 Å². The van der Waals surface area contributed by atoms with E-state index in [1.54, 1.807) is 0 Å². The molecule has 0 radical (unpaired) electrons. The molecular formula is C80H156O17P2. The van der Waals surface area contributed by atoms with Crippen LogP contribution in [0.4, 0.5) is 0 Å². The zero-order chi connectivity index (χ0) is 72.8. The van der Waals surface area contributed by atoms with Gasteiger partial charge in [-0.3, -0.25) is 37.3 Å². The molecule has 0 fully saturated rings. The normalized spacial score (nSPS) is 14.2. The van der Waals surface area contributed by atoms with Gasteiger partial charge in [-0.25, -0.2) is 9.13 Å². The van der Waals surface area contributed by atoms with Crippen molar-refractivity contribution in [2.24, 2.45) is 11.8 Å². The molecule has 588 valence electrons. The number of phosphoric ester groups is 2. The average molecular weight is 1450 g/mol. The molecular weight excluding hydrogens is 1290 g/mol. The number of hydrogen-bond donors (Lipinski definition) is 3. The Morgan fingerprint density at radius 1 is 0.293 bits per heavy atom. The molecule has 0 aromatic heterocycles. The smallest absolute Gasteiger partial charge is 0.462 e. The number of aliphatic hydroxyl groups is 1. The van der Waals surface area contributed by atoms with Crippen molar-refractivity contribution in [3.05, 3.63) is 0 Å². The van der Waals surface area contributed by atoms with E-state index in [0.29, 0.717) is 31.6 Å². The van der Waals surface area contributed by atoms with E-state index < -0.39 is 97.5 Å². The fourth-order valence-electron chi connectivity index (χ4n) is 12.3. The summed E-state index contributed by atoms with van der Waals surface area (Å²) in [7, 11) is -9.92. The molecule has 0 amide bonds. The summed E-state index contributed by atoms with van der Waals surface area (Å²) in [6.07, 6.45) is 61.3. The summed E-state index contributed by atoms with van der Waals surface area (Å²) in [6, 6.07) is 0. The van der Waals surface area contributed by atoms with Gasteiger partial charge in [0, 0.05) is 25.7 Å². The van der Waals surface area contributed by atoms with Crippen molar-refractivity contribution in [1.82, 2.24) is 0 Å². The molecule has 19 heteroatoms. The SMILES string of the molecule is CCCCCCCCCCCCCCCCCCCCCCCCC(=O)O[C@H](COC(=O)CCCCCCCCCCCCCCCCC)COP(=O)(O)OC[C@@H](O)COP(=O)(O)OC[C@@H](COC(=O)CCCCCCCCCC(C)C)OC(=O)CCCCCCCCCCC(C)CC. The first-order valence-corrected chi connectivity index (χ1v) is 44.5. The molecule has 3 N–H and O–H groups in total. The Balaban J connectivity index is 5.20. The third kappa shape index (κ3) is 72.8. The highest BCUT2D eigenvalue weighted by Crippen LogP contribution is 2.45. The molecule has 3 unspecified atom stereocenters. The van der Waals surface area contributed by atoms with Gasteiger partial charge in [-0.05, 0) is 37.5 Å². The standard InChI is InChI=1S/C80H156O17P2/c1-7-10-12-14-16-18-20-22-24-25-26-27-28-29-30-32-34-36-38-45-52-58-64-79(84)96-75(68-90-77(82)62-56-50-44-37-35-33-31-23-21-19-17-15-13-11-8-2)70-94-98(86,87)92-66-74(81)67-93-99(88,89)95-71-76(69-91-78(83)63-57-51-47-41-42-48-54-60-72(4)5)97-80(85)65-59-53-46-40-39-43-49-55-61-73(6)9-3/h72-76,81H,7-71H2,1-6H3,(H,86,87)(H,88,89)/t73?,74-,75-,76-/m1/s1. The van der Waals surface area contributed by atoms with E-state index in [1.807, 2.05) is 0 Å². The minimum atomic E-state index is -4.96. The van der Waals surface area contributed by atoms with Crippen LogP contribution < -0.4 is 0 Å². The molecule has 0 heterocycles. The number of esters is 4. The van der Waals surface area contributed by atoms with Gasteiger partial charge in [0.05, 0.1) is 26.4 Å². The first-order valence-electron chi connectivity index (χ1n) is 41.5. The highest BCUT2D eigenvalue weighted by atomic mass is 31.2. The van der Waals surface area contributed by atoms with Gasteiger partial charge in [0.1, 0.15) is 19.3 Å². The highest BCUT2D eigenvalue weighted by molar-refractivity contribution is 7.47. The molecule has 0 saturated carbocycles. The summed E-state index contributed by atoms with van der Waals surface area (Å²) in [5.74, 6) is -0.639. The largest absolute Gasteiger partial charge is 0.472 e. The van der Waals surface area contributed by atoms with Crippen molar-refractivity contribution >= 4 is 39.5 Å². The first-order chi connectivity index (χ1) is 47.9. The van der Waals surface area contributed by atoms with Crippen LogP contribution in [-0.2, 0) is 65.4 Å². The number of rotatable bonds is 79. The van der Waals surface area contributed by atoms with Gasteiger partial charge in [0.2, 0.25) is 0 Å². The monoisotopic (exact) mass is 1450 g/mol. The van der Waals surface area contributed by atoms with E-state index in [1.165, 1.54) is 231 Å². The van der Waals surface area contributed by atoms with Crippen molar-refractivity contribution in [2.75, 3.05) is 39.6 Å². The minimum Gasteiger partial charge on any atom is -0.462 e. The summed E-state index contributed by atoms with van der Waals surface area (Å²) in [5.41, 5.74) is 0. The van der Waals surface area contributed by atoms with Crippen molar-refractivity contribution in [2.45, 2.75) is 439 Å². The predicted octanol–water partition coefficient (Wildman–Crippen LogP) is 23.9. The van der Waals surface area contributed by atoms with Crippen LogP contribution in [0.5, 0.6) is 0 Å². The van der Waals surface area contributed by atoms with Crippen molar-refractivity contribution < 1.29 is 80.2 Å². The summed E-state index contributed by atoms with van der Waals surface area (Å²) in [4.78, 5) is 72.9. The molecule has 0 aliphatic carbocycles. The van der Waals surface area contributed by atoms with E-state index in [2.05, 4.69) is 41.5 Å². The minimum absolute atomic E-state index is 0.104. The number of phosphoric acid groups is 2. The molecule has 0 bridgehead atoms. The molecule has 0 aliphatic rings. The first kappa shape index (κ1) is 97.1. The lowest BCUT2D eigenvalue weighted by atomic mass is 9.99. The number of ether oxygens (including phenoxy) is 4. The molecule has 0 aliphatic heterocycles. The van der Waals surface area contributed by atoms with Crippen LogP contribution in [0.15, 0.2) is 0 Å². The molecule has 17 nitrogen and oxygen atoms in total. The highest BCUT2D eigenvalue weighted by Gasteiger charge is 2.30. The van der Waals surface area contributed by atoms with Crippen LogP contribution in [0.2, 0.25) is 0 Å². The molecule has 0 spiro atoms. The van der Waals surface area contributed by atoms with Crippen LogP contribution >= 0.6 is 15.6 Å². The van der Waals surface area contributed by atoms with E-state index in [9.17, 15) is 43.2 Å². The predicted molar refractivity (Wildman–Crippen MR) is 405 cm³/mol. The number of unbranched alkanes of at least 4 members (excludes halogenated alkanes) is 48. The Kier molecular flexibility index (Phi) is 70.3. The average Bonchev–Trinajstić information content (AvgIpc) is 1.21. The van der Waals surface area contributed by atoms with E-state index >= 15 is 0 Å². The van der Waals surface area contributed by atoms with Crippen LogP contribution in [-0.4, -0.2) is 96.7 Å². The lowest BCUT2D eigenvalue weighted by Crippen LogP contribution is -2.30. The molecule has 99 heavy (non-hydrogen) atoms. The van der Waals surface area contributed by atoms with Crippen LogP contribution in [0, 0.1) is 11.8 Å². The fraction of sp³-hybridized carbons (Fsp3) is 0.950. The molecule has 0 saturated heterocycles. The Morgan fingerprint density at radius 2 is 0.515 bits per heavy atom. The number of carbonyl (C=O) groups is 4. The number of aliphatic hydroxyl groups excluding tert-OH is 1. The lowest BCUT2D eigenvalue weighted by Gasteiger charge is -2.21. The summed E-state index contributed by atoms with van der Waals surface area (Å²) >= 11 is 0. The summed E-state index contributed by atoms with van der Waals surface area (Å²) < 4.78 is 68.6. The summed E-state index contributed by atoms with van der Waals surface area (Å²) in [5, 5.41) is 10.6. The molecule has 0 aromatic carbocycles. The Morgan fingerprint density at radius 3 is 0.768 bits per heavy atom. The van der Waals surface area contributed by atoms with E-state index in [4.69, 9.17) is 37.0 Å². The molecule has 6 atom stereocenters. The topological polar surface area (TPSA) is 237 Å². The number of carbonyl (C=O) groups excluding carboxylic acids is 4. The second kappa shape index (κ2) is 71.7. The van der Waals surface area contributed by atoms with Gasteiger partial charge in [0.25, 0.3) is 0 Å². The second-order valence-electron chi connectivity index (χ2n) is 29.5. The number of hydrogen-bond acceptors (Lipinski definition) is 15. The maximum Gasteiger partial charge on any atom is 0.472 e. The Labute approximate surface area is 607 Å². The van der Waals surface area contributed by atoms with Gasteiger partial charge in [0.15, 0.2) is 12.2 Å². The third-order valence-electron chi connectivity index (χ3n) is 19.1. The van der Waals surface area contributed by atoms with Crippen molar-refractivity contribution in [3.8, 4) is 0 Å². The van der Waals surface area contributed by atoms with Crippen LogP contribution in [0.25, 0.3) is 0 Å². The Hall–Kier alpha value is -1.94. The Bertz CT molecular complexity index is 1910. The lowest BCUT2D eigenvalue weighted by molar-refractivity contribution is -0.161. The van der Waals surface area contributed by atoms with E-state index in [0.717, 1.165) is 102 Å². The molecule has 0 rings (SSSR count). The van der Waals surface area contributed by atoms with E-state index in [-0.39, 0.29) is 25.7 Å². The van der Waals surface area contributed by atoms with Gasteiger partial charge < -0.3 is 33.8 Å². The zero-order valence-electron chi connectivity index (χ0n) is 64.8. The van der Waals surface area contributed by atoms with Crippen LogP contribution in [0.3, 0.4) is 0 Å². The zero-order valence-corrected chi connectivity index (χ0v) is 66.6. The second-order valence-corrected chi connectivity index (χ2v) is 32.4. The quantitative estimate of drug-likeness (QED) is 0.0222. The van der Waals surface area contributed by atoms with Crippen LogP contribution in [0.1, 0.15) is 420 Å². The molecule has 0 aromatic rings. The summed E-state index contributed by atoms with van der Waals surface area (Å²) in [6.45, 7) is 9.56. The van der Waals surface area contributed by atoms with Gasteiger partial charge in [-0.1, -0.05) is 369 Å². The van der Waals surface area contributed by atoms with Crippen molar-refractivity contribution in [3.63, 3.8) is 0 Å². The van der Waals surface area contributed by atoms with Gasteiger partial charge in [-0.15, -0.1) is 0 Å². The third-order valence-corrected chi connectivity index (χ3v) is 21.0. The maximum atomic E-state index is 13.1. The van der Waals surface area contributed by atoms with Crippen molar-refractivity contribution in [1.29, 1.82) is 0 Å². The maximum absolute atomic E-state index is 13.1. The van der Waals surface area contributed by atoms with Gasteiger partial charge in [-0.2, -0.15) is 0 Å².